The lowest BCUT2D eigenvalue weighted by Crippen LogP contribution is -2.30. The minimum atomic E-state index is 0.799. The van der Waals surface area contributed by atoms with Crippen LogP contribution in [-0.4, -0.2) is 21.3 Å². The number of rotatable bonds is 2. The molecule has 0 spiro atoms. The normalized spacial score (nSPS) is 14.6. The van der Waals surface area contributed by atoms with Gasteiger partial charge in [-0.3, -0.25) is 4.68 Å². The third-order valence-electron chi connectivity index (χ3n) is 3.46. The smallest absolute Gasteiger partial charge is 0.146 e. The van der Waals surface area contributed by atoms with Crippen molar-refractivity contribution in [3.8, 4) is 0 Å². The van der Waals surface area contributed by atoms with Crippen molar-refractivity contribution in [2.45, 2.75) is 19.4 Å². The number of fused-ring (bicyclic) bond motifs is 1. The summed E-state index contributed by atoms with van der Waals surface area (Å²) in [6.45, 7) is 1.86. The van der Waals surface area contributed by atoms with Gasteiger partial charge in [0.15, 0.2) is 0 Å². The van der Waals surface area contributed by atoms with E-state index in [1.165, 1.54) is 11.3 Å². The van der Waals surface area contributed by atoms with Gasteiger partial charge in [-0.25, -0.2) is 4.98 Å². The zero-order valence-electron chi connectivity index (χ0n) is 10.5. The van der Waals surface area contributed by atoms with Crippen LogP contribution in [0.25, 0.3) is 0 Å². The molecule has 0 fully saturated rings. The summed E-state index contributed by atoms with van der Waals surface area (Å²) in [5.41, 5.74) is 9.30. The lowest BCUT2D eigenvalue weighted by Gasteiger charge is -2.31. The maximum absolute atomic E-state index is 5.84. The highest BCUT2D eigenvalue weighted by Crippen LogP contribution is 2.29. The van der Waals surface area contributed by atoms with Gasteiger partial charge in [0.25, 0.3) is 0 Å². The van der Waals surface area contributed by atoms with Gasteiger partial charge >= 0.3 is 0 Å². The highest BCUT2D eigenvalue weighted by atomic mass is 15.3. The van der Waals surface area contributed by atoms with Gasteiger partial charge in [0.05, 0.1) is 6.54 Å². The average molecular weight is 243 g/mol. The topological polar surface area (TPSA) is 60.0 Å². The standard InChI is InChI=1S/C13H17N5/c1-17-13(15-9-16-17)8-18-6-2-3-10-7-11(14)4-5-12(10)18/h4-5,7,9H,2-3,6,8,14H2,1H3. The molecule has 5 nitrogen and oxygen atoms in total. The Morgan fingerprint density at radius 1 is 1.39 bits per heavy atom. The second-order valence-electron chi connectivity index (χ2n) is 4.71. The van der Waals surface area contributed by atoms with Gasteiger partial charge in [-0.05, 0) is 36.6 Å². The summed E-state index contributed by atoms with van der Waals surface area (Å²) in [6.07, 6.45) is 3.87. The van der Waals surface area contributed by atoms with Crippen molar-refractivity contribution >= 4 is 11.4 Å². The van der Waals surface area contributed by atoms with Crippen molar-refractivity contribution in [3.63, 3.8) is 0 Å². The third-order valence-corrected chi connectivity index (χ3v) is 3.46. The van der Waals surface area contributed by atoms with Crippen LogP contribution in [0, 0.1) is 0 Å². The first kappa shape index (κ1) is 11.1. The number of nitrogens with two attached hydrogens (primary N) is 1. The molecule has 1 aliphatic heterocycles. The number of aryl methyl sites for hydroxylation is 2. The van der Waals surface area contributed by atoms with E-state index in [1.54, 1.807) is 6.33 Å². The van der Waals surface area contributed by atoms with Crippen LogP contribution < -0.4 is 10.6 Å². The largest absolute Gasteiger partial charge is 0.399 e. The van der Waals surface area contributed by atoms with Crippen LogP contribution in [0.3, 0.4) is 0 Å². The average Bonchev–Trinajstić information content (AvgIpc) is 2.75. The molecule has 1 aromatic carbocycles. The number of aromatic nitrogens is 3. The predicted molar refractivity (Wildman–Crippen MR) is 71.2 cm³/mol. The summed E-state index contributed by atoms with van der Waals surface area (Å²) in [5, 5.41) is 4.11. The SMILES string of the molecule is Cn1ncnc1CN1CCCc2cc(N)ccc21. The molecular formula is C13H17N5. The van der Waals surface area contributed by atoms with Crippen LogP contribution in [0.2, 0.25) is 0 Å². The van der Waals surface area contributed by atoms with Crippen LogP contribution in [0.15, 0.2) is 24.5 Å². The van der Waals surface area contributed by atoms with Crippen LogP contribution >= 0.6 is 0 Å². The van der Waals surface area contributed by atoms with Gasteiger partial charge in [-0.15, -0.1) is 0 Å². The second kappa shape index (κ2) is 4.33. The van der Waals surface area contributed by atoms with E-state index in [0.29, 0.717) is 0 Å². The highest BCUT2D eigenvalue weighted by Gasteiger charge is 2.18. The monoisotopic (exact) mass is 243 g/mol. The zero-order valence-corrected chi connectivity index (χ0v) is 10.5. The summed E-state index contributed by atoms with van der Waals surface area (Å²) in [7, 11) is 1.93. The van der Waals surface area contributed by atoms with E-state index < -0.39 is 0 Å². The van der Waals surface area contributed by atoms with Crippen molar-refractivity contribution in [3.05, 3.63) is 35.9 Å². The Hall–Kier alpha value is -2.04. The number of hydrogen-bond donors (Lipinski definition) is 1. The van der Waals surface area contributed by atoms with Crippen molar-refractivity contribution in [2.75, 3.05) is 17.2 Å². The summed E-state index contributed by atoms with van der Waals surface area (Å²) in [4.78, 5) is 6.64. The number of nitrogen functional groups attached to an aromatic ring is 1. The fraction of sp³-hybridized carbons (Fsp3) is 0.385. The molecule has 0 aliphatic carbocycles. The van der Waals surface area contributed by atoms with E-state index in [2.05, 4.69) is 27.1 Å². The number of benzene rings is 1. The Balaban J connectivity index is 1.90. The van der Waals surface area contributed by atoms with Gasteiger partial charge in [0.2, 0.25) is 0 Å². The molecule has 0 atom stereocenters. The van der Waals surface area contributed by atoms with Crippen LogP contribution in [-0.2, 0) is 20.0 Å². The maximum Gasteiger partial charge on any atom is 0.146 e. The first-order valence-electron chi connectivity index (χ1n) is 6.20. The molecule has 0 saturated heterocycles. The molecule has 2 heterocycles. The third kappa shape index (κ3) is 1.92. The summed E-state index contributed by atoms with van der Waals surface area (Å²) in [6, 6.07) is 6.16. The zero-order chi connectivity index (χ0) is 12.5. The van der Waals surface area contributed by atoms with Crippen LogP contribution in [0.4, 0.5) is 11.4 Å². The van der Waals surface area contributed by atoms with Crippen molar-refractivity contribution < 1.29 is 0 Å². The van der Waals surface area contributed by atoms with E-state index in [-0.39, 0.29) is 0 Å². The fourth-order valence-corrected chi connectivity index (χ4v) is 2.49. The first-order valence-corrected chi connectivity index (χ1v) is 6.20. The van der Waals surface area contributed by atoms with E-state index in [4.69, 9.17) is 5.73 Å². The lowest BCUT2D eigenvalue weighted by molar-refractivity contribution is 0.635. The molecule has 1 aliphatic rings. The molecule has 2 N–H and O–H groups in total. The van der Waals surface area contributed by atoms with E-state index in [9.17, 15) is 0 Å². The van der Waals surface area contributed by atoms with Gasteiger partial charge in [-0.2, -0.15) is 5.10 Å². The molecule has 0 radical (unpaired) electrons. The first-order chi connectivity index (χ1) is 8.74. The Morgan fingerprint density at radius 2 is 2.28 bits per heavy atom. The molecule has 0 saturated carbocycles. The lowest BCUT2D eigenvalue weighted by atomic mass is 10.0. The minimum absolute atomic E-state index is 0.799. The molecule has 18 heavy (non-hydrogen) atoms. The summed E-state index contributed by atoms with van der Waals surface area (Å²) in [5.74, 6) is 0.986. The summed E-state index contributed by atoms with van der Waals surface area (Å²) < 4.78 is 1.82. The Labute approximate surface area is 106 Å². The Kier molecular flexibility index (Phi) is 2.66. The molecule has 0 amide bonds. The number of hydrogen-bond acceptors (Lipinski definition) is 4. The van der Waals surface area contributed by atoms with Crippen LogP contribution in [0.5, 0.6) is 0 Å². The Bertz CT molecular complexity index is 560. The van der Waals surface area contributed by atoms with Gasteiger partial charge in [0, 0.05) is 25.0 Å². The van der Waals surface area contributed by atoms with Gasteiger partial charge < -0.3 is 10.6 Å². The molecule has 0 unspecified atom stereocenters. The quantitative estimate of drug-likeness (QED) is 0.809. The Morgan fingerprint density at radius 3 is 3.06 bits per heavy atom. The number of nitrogens with zero attached hydrogens (tertiary/aromatic N) is 4. The fourth-order valence-electron chi connectivity index (χ4n) is 2.49. The van der Waals surface area contributed by atoms with Crippen molar-refractivity contribution in [1.82, 2.24) is 14.8 Å². The van der Waals surface area contributed by atoms with Crippen LogP contribution in [0.1, 0.15) is 17.8 Å². The molecule has 1 aromatic heterocycles. The molecule has 2 aromatic rings. The van der Waals surface area contributed by atoms with E-state index in [0.717, 1.165) is 37.4 Å². The molecule has 94 valence electrons. The number of anilines is 2. The van der Waals surface area contributed by atoms with E-state index in [1.807, 2.05) is 17.8 Å². The van der Waals surface area contributed by atoms with Gasteiger partial charge in [-0.1, -0.05) is 0 Å². The highest BCUT2D eigenvalue weighted by molar-refractivity contribution is 5.61. The molecule has 3 rings (SSSR count). The predicted octanol–water partition coefficient (Wildman–Crippen LogP) is 1.35. The molecule has 0 bridgehead atoms. The maximum atomic E-state index is 5.84. The van der Waals surface area contributed by atoms with Crippen molar-refractivity contribution in [2.24, 2.45) is 7.05 Å². The molecular weight excluding hydrogens is 226 g/mol. The summed E-state index contributed by atoms with van der Waals surface area (Å²) >= 11 is 0. The second-order valence-corrected chi connectivity index (χ2v) is 4.71. The van der Waals surface area contributed by atoms with Gasteiger partial charge in [0.1, 0.15) is 12.2 Å². The van der Waals surface area contributed by atoms with Crippen molar-refractivity contribution in [1.29, 1.82) is 0 Å². The molecule has 5 heteroatoms. The minimum Gasteiger partial charge on any atom is -0.399 e. The van der Waals surface area contributed by atoms with E-state index >= 15 is 0 Å².